The molecular formula is C12H16ClNO. The maximum Gasteiger partial charge on any atom is 0.0975 e. The van der Waals surface area contributed by atoms with Crippen LogP contribution in [0.5, 0.6) is 0 Å². The Labute approximate surface area is 95.6 Å². The quantitative estimate of drug-likeness (QED) is 0.794. The van der Waals surface area contributed by atoms with Crippen LogP contribution >= 0.6 is 11.6 Å². The lowest BCUT2D eigenvalue weighted by Crippen LogP contribution is -2.47. The van der Waals surface area contributed by atoms with Gasteiger partial charge in [-0.25, -0.2) is 0 Å². The minimum atomic E-state index is 0.137. The summed E-state index contributed by atoms with van der Waals surface area (Å²) in [5, 5.41) is 4.25. The molecule has 1 aromatic rings. The van der Waals surface area contributed by atoms with Crippen molar-refractivity contribution in [2.45, 2.75) is 32.0 Å². The number of benzene rings is 1. The minimum absolute atomic E-state index is 0.137. The summed E-state index contributed by atoms with van der Waals surface area (Å²) in [5.41, 5.74) is 1.19. The van der Waals surface area contributed by atoms with E-state index in [9.17, 15) is 0 Å². The van der Waals surface area contributed by atoms with Crippen LogP contribution in [0.3, 0.4) is 0 Å². The summed E-state index contributed by atoms with van der Waals surface area (Å²) in [6.07, 6.45) is 0.137. The Hall–Kier alpha value is -0.570. The van der Waals surface area contributed by atoms with Crippen LogP contribution in [0.1, 0.15) is 25.5 Å². The van der Waals surface area contributed by atoms with Gasteiger partial charge < -0.3 is 10.1 Å². The Morgan fingerprint density at radius 3 is 2.53 bits per heavy atom. The first kappa shape index (κ1) is 10.9. The van der Waals surface area contributed by atoms with Gasteiger partial charge in [0.2, 0.25) is 0 Å². The standard InChI is InChI=1S/C12H16ClNO/c1-8-7-15-12(9(2)14-8)10-3-5-11(13)6-4-10/h3-6,8-9,12,14H,7H2,1-2H3. The van der Waals surface area contributed by atoms with Crippen molar-refractivity contribution < 1.29 is 4.74 Å². The van der Waals surface area contributed by atoms with E-state index in [2.05, 4.69) is 19.2 Å². The van der Waals surface area contributed by atoms with Crippen LogP contribution in [-0.4, -0.2) is 18.7 Å². The normalized spacial score (nSPS) is 31.5. The first-order valence-corrected chi connectivity index (χ1v) is 5.67. The first-order chi connectivity index (χ1) is 7.16. The van der Waals surface area contributed by atoms with E-state index in [0.29, 0.717) is 12.1 Å². The molecule has 15 heavy (non-hydrogen) atoms. The highest BCUT2D eigenvalue weighted by Gasteiger charge is 2.26. The van der Waals surface area contributed by atoms with E-state index in [1.165, 1.54) is 5.56 Å². The van der Waals surface area contributed by atoms with Crippen molar-refractivity contribution in [2.24, 2.45) is 0 Å². The second-order valence-corrected chi connectivity index (χ2v) is 4.60. The molecule has 82 valence electrons. The Morgan fingerprint density at radius 2 is 1.93 bits per heavy atom. The summed E-state index contributed by atoms with van der Waals surface area (Å²) in [4.78, 5) is 0. The third-order valence-corrected chi connectivity index (χ3v) is 2.98. The summed E-state index contributed by atoms with van der Waals surface area (Å²) in [6.45, 7) is 5.04. The van der Waals surface area contributed by atoms with Crippen molar-refractivity contribution >= 4 is 11.6 Å². The fourth-order valence-electron chi connectivity index (χ4n) is 2.01. The van der Waals surface area contributed by atoms with Gasteiger partial charge in [-0.3, -0.25) is 0 Å². The summed E-state index contributed by atoms with van der Waals surface area (Å²) in [6, 6.07) is 8.65. The lowest BCUT2D eigenvalue weighted by atomic mass is 10.0. The number of halogens is 1. The predicted octanol–water partition coefficient (Wildman–Crippen LogP) is 2.78. The van der Waals surface area contributed by atoms with Crippen molar-refractivity contribution in [1.29, 1.82) is 0 Å². The summed E-state index contributed by atoms with van der Waals surface area (Å²) in [7, 11) is 0. The zero-order valence-electron chi connectivity index (χ0n) is 9.03. The Bertz CT molecular complexity index is 325. The number of ether oxygens (including phenoxy) is 1. The molecule has 1 heterocycles. The Kier molecular flexibility index (Phi) is 3.29. The highest BCUT2D eigenvalue weighted by atomic mass is 35.5. The molecule has 1 aromatic carbocycles. The number of morpholine rings is 1. The predicted molar refractivity (Wildman–Crippen MR) is 62.2 cm³/mol. The van der Waals surface area contributed by atoms with Crippen molar-refractivity contribution in [2.75, 3.05) is 6.61 Å². The molecule has 1 fully saturated rings. The lowest BCUT2D eigenvalue weighted by molar-refractivity contribution is -0.0207. The van der Waals surface area contributed by atoms with Gasteiger partial charge in [0, 0.05) is 17.1 Å². The molecule has 1 aliphatic rings. The molecule has 0 radical (unpaired) electrons. The molecule has 0 aliphatic carbocycles. The molecule has 3 atom stereocenters. The van der Waals surface area contributed by atoms with Crippen LogP contribution in [0.2, 0.25) is 5.02 Å². The van der Waals surface area contributed by atoms with Crippen molar-refractivity contribution in [3.63, 3.8) is 0 Å². The van der Waals surface area contributed by atoms with Crippen LogP contribution < -0.4 is 5.32 Å². The average Bonchev–Trinajstić information content (AvgIpc) is 2.20. The largest absolute Gasteiger partial charge is 0.370 e. The molecule has 3 heteroatoms. The second kappa shape index (κ2) is 4.52. The zero-order valence-corrected chi connectivity index (χ0v) is 9.79. The molecule has 1 saturated heterocycles. The second-order valence-electron chi connectivity index (χ2n) is 4.16. The van der Waals surface area contributed by atoms with E-state index < -0.39 is 0 Å². The van der Waals surface area contributed by atoms with Gasteiger partial charge in [0.15, 0.2) is 0 Å². The molecule has 0 spiro atoms. The number of nitrogens with one attached hydrogen (secondary N) is 1. The minimum Gasteiger partial charge on any atom is -0.370 e. The zero-order chi connectivity index (χ0) is 10.8. The monoisotopic (exact) mass is 225 g/mol. The van der Waals surface area contributed by atoms with E-state index in [-0.39, 0.29) is 6.10 Å². The van der Waals surface area contributed by atoms with Gasteiger partial charge in [0.25, 0.3) is 0 Å². The van der Waals surface area contributed by atoms with Crippen molar-refractivity contribution in [3.8, 4) is 0 Å². The van der Waals surface area contributed by atoms with E-state index in [4.69, 9.17) is 16.3 Å². The third kappa shape index (κ3) is 2.51. The topological polar surface area (TPSA) is 21.3 Å². The smallest absolute Gasteiger partial charge is 0.0975 e. The molecule has 1 aliphatic heterocycles. The summed E-state index contributed by atoms with van der Waals surface area (Å²) >= 11 is 5.85. The van der Waals surface area contributed by atoms with Crippen LogP contribution in [0.25, 0.3) is 0 Å². The van der Waals surface area contributed by atoms with E-state index in [1.807, 2.05) is 24.3 Å². The molecule has 0 aromatic heterocycles. The average molecular weight is 226 g/mol. The molecule has 0 amide bonds. The molecule has 3 unspecified atom stereocenters. The Morgan fingerprint density at radius 1 is 1.27 bits per heavy atom. The highest BCUT2D eigenvalue weighted by Crippen LogP contribution is 2.25. The Balaban J connectivity index is 2.13. The van der Waals surface area contributed by atoms with Gasteiger partial charge in [-0.1, -0.05) is 23.7 Å². The molecule has 0 bridgehead atoms. The van der Waals surface area contributed by atoms with Gasteiger partial charge in [-0.15, -0.1) is 0 Å². The first-order valence-electron chi connectivity index (χ1n) is 5.30. The van der Waals surface area contributed by atoms with Crippen LogP contribution in [-0.2, 0) is 4.74 Å². The third-order valence-electron chi connectivity index (χ3n) is 2.73. The van der Waals surface area contributed by atoms with Gasteiger partial charge in [0.05, 0.1) is 12.7 Å². The maximum absolute atomic E-state index is 5.85. The van der Waals surface area contributed by atoms with Gasteiger partial charge in [-0.2, -0.15) is 0 Å². The lowest BCUT2D eigenvalue weighted by Gasteiger charge is -2.34. The van der Waals surface area contributed by atoms with Crippen LogP contribution in [0.4, 0.5) is 0 Å². The molecule has 1 N–H and O–H groups in total. The number of hydrogen-bond acceptors (Lipinski definition) is 2. The summed E-state index contributed by atoms with van der Waals surface area (Å²) in [5.74, 6) is 0. The summed E-state index contributed by atoms with van der Waals surface area (Å²) < 4.78 is 5.82. The fraction of sp³-hybridized carbons (Fsp3) is 0.500. The van der Waals surface area contributed by atoms with Crippen LogP contribution in [0, 0.1) is 0 Å². The molecule has 2 rings (SSSR count). The van der Waals surface area contributed by atoms with Crippen molar-refractivity contribution in [3.05, 3.63) is 34.9 Å². The van der Waals surface area contributed by atoms with Gasteiger partial charge in [-0.05, 0) is 31.5 Å². The van der Waals surface area contributed by atoms with E-state index >= 15 is 0 Å². The maximum atomic E-state index is 5.85. The number of rotatable bonds is 1. The van der Waals surface area contributed by atoms with E-state index in [1.54, 1.807) is 0 Å². The van der Waals surface area contributed by atoms with E-state index in [0.717, 1.165) is 11.6 Å². The van der Waals surface area contributed by atoms with Gasteiger partial charge >= 0.3 is 0 Å². The van der Waals surface area contributed by atoms with Crippen molar-refractivity contribution in [1.82, 2.24) is 5.32 Å². The van der Waals surface area contributed by atoms with Gasteiger partial charge in [0.1, 0.15) is 0 Å². The fourth-order valence-corrected chi connectivity index (χ4v) is 2.14. The SMILES string of the molecule is CC1COC(c2ccc(Cl)cc2)C(C)N1. The molecule has 0 saturated carbocycles. The molecular weight excluding hydrogens is 210 g/mol. The number of hydrogen-bond donors (Lipinski definition) is 1. The van der Waals surface area contributed by atoms with Crippen LogP contribution in [0.15, 0.2) is 24.3 Å². The molecule has 2 nitrogen and oxygen atoms in total. The highest BCUT2D eigenvalue weighted by molar-refractivity contribution is 6.30.